The highest BCUT2D eigenvalue weighted by Gasteiger charge is 2.32. The second-order valence-electron chi connectivity index (χ2n) is 5.79. The maximum atomic E-state index is 12.4. The standard InChI is InChI=1S/C13H22N2O3S2/c1-9-6-12(19-11(9)8-14)20(16,17)15-10-4-5-18-13(2,3)7-10/h6,10,15H,4-5,7-8,14H2,1-3H3. The highest BCUT2D eigenvalue weighted by molar-refractivity contribution is 7.91. The first-order valence-electron chi connectivity index (χ1n) is 6.69. The maximum absolute atomic E-state index is 12.4. The second-order valence-corrected chi connectivity index (χ2v) is 8.87. The number of aryl methyl sites for hydroxylation is 1. The molecule has 5 nitrogen and oxygen atoms in total. The van der Waals surface area contributed by atoms with Gasteiger partial charge < -0.3 is 10.5 Å². The number of hydrogen-bond donors (Lipinski definition) is 2. The van der Waals surface area contributed by atoms with Gasteiger partial charge >= 0.3 is 0 Å². The summed E-state index contributed by atoms with van der Waals surface area (Å²) in [6.07, 6.45) is 1.39. The Morgan fingerprint density at radius 2 is 2.25 bits per heavy atom. The summed E-state index contributed by atoms with van der Waals surface area (Å²) in [5.41, 5.74) is 6.26. The molecule has 0 radical (unpaired) electrons. The summed E-state index contributed by atoms with van der Waals surface area (Å²) >= 11 is 1.25. The molecule has 2 rings (SSSR count). The number of sulfonamides is 1. The largest absolute Gasteiger partial charge is 0.375 e. The first-order valence-corrected chi connectivity index (χ1v) is 8.99. The maximum Gasteiger partial charge on any atom is 0.250 e. The van der Waals surface area contributed by atoms with E-state index >= 15 is 0 Å². The number of nitrogens with two attached hydrogens (primary N) is 1. The third-order valence-electron chi connectivity index (χ3n) is 3.47. The molecule has 1 atom stereocenters. The van der Waals surface area contributed by atoms with Gasteiger partial charge in [0.05, 0.1) is 5.60 Å². The lowest BCUT2D eigenvalue weighted by molar-refractivity contribution is -0.0599. The molecule has 0 bridgehead atoms. The van der Waals surface area contributed by atoms with Crippen LogP contribution in [0.2, 0.25) is 0 Å². The fourth-order valence-electron chi connectivity index (χ4n) is 2.43. The van der Waals surface area contributed by atoms with Crippen LogP contribution in [0.3, 0.4) is 0 Å². The zero-order chi connectivity index (χ0) is 15.0. The predicted octanol–water partition coefficient (Wildman–Crippen LogP) is 1.75. The molecule has 1 aromatic heterocycles. The average molecular weight is 318 g/mol. The van der Waals surface area contributed by atoms with E-state index in [9.17, 15) is 8.42 Å². The molecule has 2 heterocycles. The van der Waals surface area contributed by atoms with Crippen molar-refractivity contribution in [3.8, 4) is 0 Å². The first-order chi connectivity index (χ1) is 9.23. The van der Waals surface area contributed by atoms with Crippen LogP contribution in [0.4, 0.5) is 0 Å². The summed E-state index contributed by atoms with van der Waals surface area (Å²) in [6, 6.07) is 1.62. The Morgan fingerprint density at radius 1 is 1.55 bits per heavy atom. The highest BCUT2D eigenvalue weighted by Crippen LogP contribution is 2.28. The van der Waals surface area contributed by atoms with Crippen LogP contribution in [0.15, 0.2) is 10.3 Å². The Hall–Kier alpha value is -0.470. The van der Waals surface area contributed by atoms with Gasteiger partial charge in [-0.05, 0) is 45.2 Å². The molecule has 1 aliphatic rings. The minimum absolute atomic E-state index is 0.0764. The van der Waals surface area contributed by atoms with Gasteiger partial charge in [-0.3, -0.25) is 0 Å². The minimum Gasteiger partial charge on any atom is -0.375 e. The minimum atomic E-state index is -3.46. The molecule has 0 saturated carbocycles. The lowest BCUT2D eigenvalue weighted by Crippen LogP contribution is -2.45. The van der Waals surface area contributed by atoms with Crippen LogP contribution >= 0.6 is 11.3 Å². The molecule has 114 valence electrons. The van der Waals surface area contributed by atoms with Gasteiger partial charge in [0.1, 0.15) is 4.21 Å². The summed E-state index contributed by atoms with van der Waals surface area (Å²) < 4.78 is 33.6. The topological polar surface area (TPSA) is 81.4 Å². The van der Waals surface area contributed by atoms with Crippen molar-refractivity contribution < 1.29 is 13.2 Å². The molecule has 3 N–H and O–H groups in total. The molecule has 1 saturated heterocycles. The van der Waals surface area contributed by atoms with E-state index in [4.69, 9.17) is 10.5 Å². The van der Waals surface area contributed by atoms with Crippen LogP contribution in [0.25, 0.3) is 0 Å². The number of thiophene rings is 1. The van der Waals surface area contributed by atoms with Gasteiger partial charge in [-0.25, -0.2) is 13.1 Å². The quantitative estimate of drug-likeness (QED) is 0.886. The number of rotatable bonds is 4. The van der Waals surface area contributed by atoms with Crippen LogP contribution in [-0.4, -0.2) is 26.7 Å². The predicted molar refractivity (Wildman–Crippen MR) is 80.3 cm³/mol. The number of ether oxygens (including phenoxy) is 1. The molecule has 0 amide bonds. The van der Waals surface area contributed by atoms with Crippen molar-refractivity contribution in [3.05, 3.63) is 16.5 Å². The fourth-order valence-corrected chi connectivity index (χ4v) is 5.19. The van der Waals surface area contributed by atoms with Gasteiger partial charge in [0.25, 0.3) is 0 Å². The van der Waals surface area contributed by atoms with Crippen molar-refractivity contribution in [1.82, 2.24) is 4.72 Å². The Morgan fingerprint density at radius 3 is 2.80 bits per heavy atom. The van der Waals surface area contributed by atoms with Crippen LogP contribution in [0, 0.1) is 6.92 Å². The molecule has 1 fully saturated rings. The molecule has 1 unspecified atom stereocenters. The van der Waals surface area contributed by atoms with Crippen molar-refractivity contribution in [3.63, 3.8) is 0 Å². The molecule has 20 heavy (non-hydrogen) atoms. The molecule has 1 aliphatic heterocycles. The van der Waals surface area contributed by atoms with E-state index in [0.29, 0.717) is 30.2 Å². The Bertz CT molecular complexity index is 578. The SMILES string of the molecule is Cc1cc(S(=O)(=O)NC2CCOC(C)(C)C2)sc1CN. The van der Waals surface area contributed by atoms with Gasteiger partial charge in [0, 0.05) is 24.1 Å². The third-order valence-corrected chi connectivity index (χ3v) is 6.72. The van der Waals surface area contributed by atoms with Gasteiger partial charge in [-0.15, -0.1) is 11.3 Å². The number of nitrogens with one attached hydrogen (secondary N) is 1. The molecular weight excluding hydrogens is 296 g/mol. The van der Waals surface area contributed by atoms with E-state index < -0.39 is 10.0 Å². The smallest absolute Gasteiger partial charge is 0.250 e. The van der Waals surface area contributed by atoms with E-state index in [2.05, 4.69) is 4.72 Å². The summed E-state index contributed by atoms with van der Waals surface area (Å²) in [6.45, 7) is 6.80. The summed E-state index contributed by atoms with van der Waals surface area (Å²) in [5, 5.41) is 0. The summed E-state index contributed by atoms with van der Waals surface area (Å²) in [5.74, 6) is 0. The average Bonchev–Trinajstić information content (AvgIpc) is 2.69. The lowest BCUT2D eigenvalue weighted by Gasteiger charge is -2.35. The van der Waals surface area contributed by atoms with E-state index in [1.807, 2.05) is 20.8 Å². The Kier molecular flexibility index (Phi) is 4.56. The first kappa shape index (κ1) is 15.9. The molecule has 1 aromatic rings. The van der Waals surface area contributed by atoms with Gasteiger partial charge in [-0.2, -0.15) is 0 Å². The third kappa shape index (κ3) is 3.59. The zero-order valence-corrected chi connectivity index (χ0v) is 13.7. The van der Waals surface area contributed by atoms with Crippen LogP contribution in [0.1, 0.15) is 37.1 Å². The van der Waals surface area contributed by atoms with E-state index in [1.54, 1.807) is 6.07 Å². The highest BCUT2D eigenvalue weighted by atomic mass is 32.2. The molecule has 0 spiro atoms. The summed E-state index contributed by atoms with van der Waals surface area (Å²) in [4.78, 5) is 0.915. The fraction of sp³-hybridized carbons (Fsp3) is 0.692. The van der Waals surface area contributed by atoms with Crippen molar-refractivity contribution in [2.24, 2.45) is 5.73 Å². The number of hydrogen-bond acceptors (Lipinski definition) is 5. The normalized spacial score (nSPS) is 22.9. The van der Waals surface area contributed by atoms with Crippen molar-refractivity contribution in [2.75, 3.05) is 6.61 Å². The van der Waals surface area contributed by atoms with Crippen LogP contribution in [0.5, 0.6) is 0 Å². The van der Waals surface area contributed by atoms with E-state index in [-0.39, 0.29) is 11.6 Å². The van der Waals surface area contributed by atoms with Gasteiger partial charge in [0.2, 0.25) is 10.0 Å². The lowest BCUT2D eigenvalue weighted by atomic mass is 9.95. The van der Waals surface area contributed by atoms with Gasteiger partial charge in [-0.1, -0.05) is 0 Å². The van der Waals surface area contributed by atoms with Crippen molar-refractivity contribution in [1.29, 1.82) is 0 Å². The monoisotopic (exact) mass is 318 g/mol. The molecule has 0 aromatic carbocycles. The van der Waals surface area contributed by atoms with Crippen LogP contribution < -0.4 is 10.5 Å². The van der Waals surface area contributed by atoms with Crippen LogP contribution in [-0.2, 0) is 21.3 Å². The second kappa shape index (κ2) is 5.73. The van der Waals surface area contributed by atoms with E-state index in [0.717, 1.165) is 10.4 Å². The van der Waals surface area contributed by atoms with Crippen molar-refractivity contribution >= 4 is 21.4 Å². The Balaban J connectivity index is 2.14. The molecule has 7 heteroatoms. The molecule has 0 aliphatic carbocycles. The van der Waals surface area contributed by atoms with Gasteiger partial charge in [0.15, 0.2) is 0 Å². The van der Waals surface area contributed by atoms with E-state index in [1.165, 1.54) is 11.3 Å². The molecular formula is C13H22N2O3S2. The zero-order valence-electron chi connectivity index (χ0n) is 12.1. The Labute approximate surface area is 124 Å². The van der Waals surface area contributed by atoms with Crippen molar-refractivity contribution in [2.45, 2.75) is 56.0 Å². The summed E-state index contributed by atoms with van der Waals surface area (Å²) in [7, 11) is -3.46.